The summed E-state index contributed by atoms with van der Waals surface area (Å²) in [6, 6.07) is 14.7. The van der Waals surface area contributed by atoms with Crippen LogP contribution in [0.1, 0.15) is 10.4 Å². The van der Waals surface area contributed by atoms with E-state index < -0.39 is 34.5 Å². The molecule has 0 saturated carbocycles. The minimum absolute atomic E-state index is 0.0599. The summed E-state index contributed by atoms with van der Waals surface area (Å²) in [5, 5.41) is 11.9. The van der Waals surface area contributed by atoms with Gasteiger partial charge in [-0.1, -0.05) is 18.2 Å². The van der Waals surface area contributed by atoms with E-state index in [1.807, 2.05) is 12.1 Å². The van der Waals surface area contributed by atoms with E-state index in [9.17, 15) is 23.1 Å². The maximum atomic E-state index is 12.6. The number of piperazine rings is 1. The summed E-state index contributed by atoms with van der Waals surface area (Å²) in [6.07, 6.45) is 3.44. The van der Waals surface area contributed by atoms with Crippen LogP contribution < -0.4 is 19.8 Å². The number of carbonyl (C=O) groups excluding carboxylic acids is 1. The van der Waals surface area contributed by atoms with Gasteiger partial charge in [-0.15, -0.1) is 0 Å². The zero-order chi connectivity index (χ0) is 25.5. The molecule has 11 nitrogen and oxygen atoms in total. The van der Waals surface area contributed by atoms with Gasteiger partial charge in [-0.3, -0.25) is 9.59 Å². The maximum absolute atomic E-state index is 12.6. The molecule has 1 aliphatic heterocycles. The third-order valence-electron chi connectivity index (χ3n) is 5.73. The molecule has 1 aliphatic rings. The van der Waals surface area contributed by atoms with E-state index in [1.54, 1.807) is 36.7 Å². The fourth-order valence-electron chi connectivity index (χ4n) is 3.77. The normalized spacial score (nSPS) is 14.8. The van der Waals surface area contributed by atoms with Crippen molar-refractivity contribution in [2.24, 2.45) is 0 Å². The fourth-order valence-corrected chi connectivity index (χ4v) is 4.98. The molecule has 1 saturated heterocycles. The van der Waals surface area contributed by atoms with E-state index in [0.29, 0.717) is 11.5 Å². The highest BCUT2D eigenvalue weighted by Crippen LogP contribution is 2.19. The molecule has 0 bridgehead atoms. The molecule has 0 unspecified atom stereocenters. The minimum atomic E-state index is -4.06. The third-order valence-corrected chi connectivity index (χ3v) is 7.21. The van der Waals surface area contributed by atoms with Crippen molar-refractivity contribution in [2.45, 2.75) is 10.9 Å². The molecule has 3 aromatic rings. The summed E-state index contributed by atoms with van der Waals surface area (Å²) in [4.78, 5) is 37.0. The second-order valence-electron chi connectivity index (χ2n) is 8.10. The van der Waals surface area contributed by atoms with Gasteiger partial charge in [-0.05, 0) is 42.5 Å². The van der Waals surface area contributed by atoms with Crippen molar-refractivity contribution < 1.29 is 23.1 Å². The highest BCUT2D eigenvalue weighted by Gasteiger charge is 2.26. The number of rotatable bonds is 9. The van der Waals surface area contributed by atoms with Gasteiger partial charge in [-0.25, -0.2) is 18.4 Å². The van der Waals surface area contributed by atoms with E-state index in [0.717, 1.165) is 31.9 Å². The molecule has 1 fully saturated rings. The summed E-state index contributed by atoms with van der Waals surface area (Å²) in [5.74, 6) is -1.20. The van der Waals surface area contributed by atoms with Crippen molar-refractivity contribution in [1.82, 2.24) is 20.0 Å². The number of carboxylic acid groups (broad SMARTS) is 1. The van der Waals surface area contributed by atoms with Crippen LogP contribution in [0.5, 0.6) is 0 Å². The lowest BCUT2D eigenvalue weighted by atomic mass is 10.1. The number of nitrogens with one attached hydrogen (secondary N) is 2. The molecular formula is C24H26N6O5S. The smallest absolute Gasteiger partial charge is 0.323 e. The number of carboxylic acids is 1. The maximum Gasteiger partial charge on any atom is 0.323 e. The van der Waals surface area contributed by atoms with Gasteiger partial charge in [0.15, 0.2) is 0 Å². The Labute approximate surface area is 208 Å². The number of aliphatic carboxylic acids is 1. The molecule has 188 valence electrons. The molecule has 0 aliphatic carbocycles. The fraction of sp³-hybridized carbons (Fsp3) is 0.250. The van der Waals surface area contributed by atoms with Gasteiger partial charge in [-0.2, -0.15) is 4.72 Å². The van der Waals surface area contributed by atoms with Gasteiger partial charge in [0.2, 0.25) is 16.0 Å². The molecule has 1 amide bonds. The average Bonchev–Trinajstić information content (AvgIpc) is 2.92. The van der Waals surface area contributed by atoms with Gasteiger partial charge < -0.3 is 20.2 Å². The van der Waals surface area contributed by atoms with Crippen LogP contribution in [0, 0.1) is 0 Å². The first kappa shape index (κ1) is 25.1. The standard InChI is InChI=1S/C24H26N6O5S/c31-22(27-17-21(23(32)33)28-36(34,35)20-5-2-1-3-6-20)18-7-9-19(10-8-18)29-13-15-30(16-14-29)24-25-11-4-12-26-24/h1-12,21,28H,13-17H2,(H,27,31)(H,32,33)/t21-/m0/s1. The van der Waals surface area contributed by atoms with Crippen LogP contribution >= 0.6 is 0 Å². The Morgan fingerprint density at radius 3 is 2.11 bits per heavy atom. The van der Waals surface area contributed by atoms with E-state index >= 15 is 0 Å². The molecule has 1 atom stereocenters. The zero-order valence-electron chi connectivity index (χ0n) is 19.3. The van der Waals surface area contributed by atoms with Crippen molar-refractivity contribution in [2.75, 3.05) is 42.5 Å². The first-order valence-electron chi connectivity index (χ1n) is 11.3. The highest BCUT2D eigenvalue weighted by atomic mass is 32.2. The van der Waals surface area contributed by atoms with Gasteiger partial charge in [0.05, 0.1) is 4.90 Å². The van der Waals surface area contributed by atoms with Crippen LogP contribution in [0.3, 0.4) is 0 Å². The Morgan fingerprint density at radius 2 is 1.50 bits per heavy atom. The Kier molecular flexibility index (Phi) is 7.76. The van der Waals surface area contributed by atoms with Crippen molar-refractivity contribution in [3.63, 3.8) is 0 Å². The SMILES string of the molecule is O=C(NC[C@H](NS(=O)(=O)c1ccccc1)C(=O)O)c1ccc(N2CCN(c3ncccn3)CC2)cc1. The van der Waals surface area contributed by atoms with E-state index in [-0.39, 0.29) is 4.90 Å². The number of hydrogen-bond donors (Lipinski definition) is 3. The van der Waals surface area contributed by atoms with Gasteiger partial charge >= 0.3 is 5.97 Å². The van der Waals surface area contributed by atoms with E-state index in [2.05, 4.69) is 29.8 Å². The van der Waals surface area contributed by atoms with Crippen molar-refractivity contribution >= 4 is 33.5 Å². The number of carbonyl (C=O) groups is 2. The first-order valence-corrected chi connectivity index (χ1v) is 12.8. The molecule has 12 heteroatoms. The molecule has 36 heavy (non-hydrogen) atoms. The number of aromatic nitrogens is 2. The Balaban J connectivity index is 1.31. The van der Waals surface area contributed by atoms with Crippen molar-refractivity contribution in [3.05, 3.63) is 78.6 Å². The predicted molar refractivity (Wildman–Crippen MR) is 133 cm³/mol. The minimum Gasteiger partial charge on any atom is -0.480 e. The predicted octanol–water partition coefficient (Wildman–Crippen LogP) is 0.965. The zero-order valence-corrected chi connectivity index (χ0v) is 20.1. The van der Waals surface area contributed by atoms with E-state index in [1.165, 1.54) is 24.3 Å². The van der Waals surface area contributed by atoms with Crippen LogP contribution in [0.2, 0.25) is 0 Å². The van der Waals surface area contributed by atoms with Gasteiger partial charge in [0, 0.05) is 56.4 Å². The molecule has 2 aromatic carbocycles. The van der Waals surface area contributed by atoms with Crippen LogP contribution in [-0.2, 0) is 14.8 Å². The number of hydrogen-bond acceptors (Lipinski definition) is 8. The van der Waals surface area contributed by atoms with Crippen LogP contribution in [-0.4, -0.2) is 74.1 Å². The molecular weight excluding hydrogens is 484 g/mol. The quantitative estimate of drug-likeness (QED) is 0.383. The molecule has 0 radical (unpaired) electrons. The summed E-state index contributed by atoms with van der Waals surface area (Å²) in [6.45, 7) is 2.66. The summed E-state index contributed by atoms with van der Waals surface area (Å²) in [5.41, 5.74) is 1.30. The molecule has 2 heterocycles. The summed E-state index contributed by atoms with van der Waals surface area (Å²) >= 11 is 0. The van der Waals surface area contributed by atoms with Crippen molar-refractivity contribution in [1.29, 1.82) is 0 Å². The van der Waals surface area contributed by atoms with Gasteiger partial charge in [0.25, 0.3) is 5.91 Å². The third kappa shape index (κ3) is 6.15. The number of nitrogens with zero attached hydrogens (tertiary/aromatic N) is 4. The van der Waals surface area contributed by atoms with Gasteiger partial charge in [0.1, 0.15) is 6.04 Å². The number of sulfonamides is 1. The first-order chi connectivity index (χ1) is 17.3. The Morgan fingerprint density at radius 1 is 0.889 bits per heavy atom. The summed E-state index contributed by atoms with van der Waals surface area (Å²) < 4.78 is 27.0. The molecule has 3 N–H and O–H groups in total. The van der Waals surface area contributed by atoms with Crippen LogP contribution in [0.15, 0.2) is 78.0 Å². The summed E-state index contributed by atoms with van der Waals surface area (Å²) in [7, 11) is -4.06. The Bertz CT molecular complexity index is 1280. The Hall–Kier alpha value is -4.03. The van der Waals surface area contributed by atoms with Crippen molar-refractivity contribution in [3.8, 4) is 0 Å². The lowest BCUT2D eigenvalue weighted by Crippen LogP contribution is -2.48. The molecule has 4 rings (SSSR count). The monoisotopic (exact) mass is 510 g/mol. The van der Waals surface area contributed by atoms with E-state index in [4.69, 9.17) is 0 Å². The number of amides is 1. The second-order valence-corrected chi connectivity index (χ2v) is 9.82. The van der Waals surface area contributed by atoms with Crippen LogP contribution in [0.4, 0.5) is 11.6 Å². The topological polar surface area (TPSA) is 145 Å². The number of benzene rings is 2. The number of anilines is 2. The highest BCUT2D eigenvalue weighted by molar-refractivity contribution is 7.89. The largest absolute Gasteiger partial charge is 0.480 e. The molecule has 1 aromatic heterocycles. The average molecular weight is 511 g/mol. The lowest BCUT2D eigenvalue weighted by molar-refractivity contribution is -0.138. The molecule has 0 spiro atoms. The van der Waals surface area contributed by atoms with Crippen LogP contribution in [0.25, 0.3) is 0 Å². The second kappa shape index (κ2) is 11.1. The lowest BCUT2D eigenvalue weighted by Gasteiger charge is -2.36.